The third kappa shape index (κ3) is 3.57. The first-order chi connectivity index (χ1) is 6.80. The fraction of sp³-hybridized carbons (Fsp3) is 0.556. The van der Waals surface area contributed by atoms with Gasteiger partial charge in [0, 0.05) is 17.5 Å². The van der Waals surface area contributed by atoms with Gasteiger partial charge >= 0.3 is 0 Å². The van der Waals surface area contributed by atoms with Crippen LogP contribution in [0.1, 0.15) is 24.3 Å². The van der Waals surface area contributed by atoms with Crippen molar-refractivity contribution in [3.63, 3.8) is 0 Å². The lowest BCUT2D eigenvalue weighted by atomic mass is 10.3. The zero-order valence-corrected chi connectivity index (χ0v) is 10.7. The first kappa shape index (κ1) is 12.6. The fourth-order valence-corrected chi connectivity index (χ4v) is 3.06. The van der Waals surface area contributed by atoms with E-state index in [-0.39, 0.29) is 4.21 Å². The molecule has 1 aromatic heterocycles. The number of primary sulfonamides is 1. The topological polar surface area (TPSA) is 72.2 Å². The van der Waals surface area contributed by atoms with Gasteiger partial charge in [0.15, 0.2) is 0 Å². The Kier molecular flexibility index (Phi) is 3.88. The molecule has 15 heavy (non-hydrogen) atoms. The van der Waals surface area contributed by atoms with Crippen LogP contribution in [0.4, 0.5) is 0 Å². The van der Waals surface area contributed by atoms with Gasteiger partial charge in [0.2, 0.25) is 10.0 Å². The Morgan fingerprint density at radius 1 is 1.53 bits per heavy atom. The molecule has 3 N–H and O–H groups in total. The van der Waals surface area contributed by atoms with Gasteiger partial charge < -0.3 is 5.32 Å². The number of nitrogens with one attached hydrogen (secondary N) is 1. The molecule has 0 atom stereocenters. The van der Waals surface area contributed by atoms with E-state index in [0.717, 1.165) is 10.4 Å². The molecule has 0 fully saturated rings. The Balaban J connectivity index is 2.88. The summed E-state index contributed by atoms with van der Waals surface area (Å²) in [6, 6.07) is 2.00. The predicted octanol–water partition coefficient (Wildman–Crippen LogP) is 1.20. The minimum atomic E-state index is -3.55. The van der Waals surface area contributed by atoms with Crippen molar-refractivity contribution < 1.29 is 8.42 Å². The number of sulfonamides is 1. The number of rotatable bonds is 4. The van der Waals surface area contributed by atoms with E-state index in [1.807, 2.05) is 20.8 Å². The molecule has 0 amide bonds. The molecule has 0 aliphatic carbocycles. The first-order valence-electron chi connectivity index (χ1n) is 4.66. The molecule has 0 aliphatic heterocycles. The number of thiophene rings is 1. The van der Waals surface area contributed by atoms with E-state index < -0.39 is 10.0 Å². The van der Waals surface area contributed by atoms with Gasteiger partial charge in [-0.1, -0.05) is 13.8 Å². The summed E-state index contributed by atoms with van der Waals surface area (Å²) in [7, 11) is -3.55. The molecule has 1 heterocycles. The number of aryl methyl sites for hydroxylation is 1. The van der Waals surface area contributed by atoms with E-state index in [2.05, 4.69) is 5.32 Å². The maximum absolute atomic E-state index is 11.1. The van der Waals surface area contributed by atoms with Gasteiger partial charge in [0.1, 0.15) is 4.21 Å². The summed E-state index contributed by atoms with van der Waals surface area (Å²) in [4.78, 5) is 1.02. The van der Waals surface area contributed by atoms with Gasteiger partial charge in [-0.05, 0) is 18.6 Å². The molecular formula is C9H16N2O2S2. The maximum Gasteiger partial charge on any atom is 0.247 e. The molecular weight excluding hydrogens is 232 g/mol. The summed E-state index contributed by atoms with van der Waals surface area (Å²) in [5, 5.41) is 8.30. The highest BCUT2D eigenvalue weighted by atomic mass is 32.2. The molecule has 4 nitrogen and oxygen atoms in total. The van der Waals surface area contributed by atoms with Crippen molar-refractivity contribution in [2.24, 2.45) is 5.14 Å². The van der Waals surface area contributed by atoms with Crippen molar-refractivity contribution in [3.8, 4) is 0 Å². The zero-order chi connectivity index (χ0) is 11.6. The van der Waals surface area contributed by atoms with Crippen LogP contribution in [0, 0.1) is 6.92 Å². The van der Waals surface area contributed by atoms with Crippen molar-refractivity contribution >= 4 is 21.4 Å². The average molecular weight is 248 g/mol. The van der Waals surface area contributed by atoms with Crippen LogP contribution >= 0.6 is 11.3 Å². The average Bonchev–Trinajstić information content (AvgIpc) is 2.42. The molecule has 0 unspecified atom stereocenters. The highest BCUT2D eigenvalue weighted by molar-refractivity contribution is 7.91. The van der Waals surface area contributed by atoms with Crippen LogP contribution in [0.5, 0.6) is 0 Å². The third-order valence-corrected chi connectivity index (χ3v) is 4.61. The maximum atomic E-state index is 11.1. The Bertz CT molecular complexity index is 435. The van der Waals surface area contributed by atoms with E-state index >= 15 is 0 Å². The smallest absolute Gasteiger partial charge is 0.247 e. The van der Waals surface area contributed by atoms with Crippen molar-refractivity contribution in [1.29, 1.82) is 0 Å². The summed E-state index contributed by atoms with van der Waals surface area (Å²) in [5.74, 6) is 0. The summed E-state index contributed by atoms with van der Waals surface area (Å²) < 4.78 is 22.4. The summed E-state index contributed by atoms with van der Waals surface area (Å²) in [6.07, 6.45) is 0. The number of nitrogens with two attached hydrogens (primary N) is 1. The summed E-state index contributed by atoms with van der Waals surface area (Å²) >= 11 is 1.23. The lowest BCUT2D eigenvalue weighted by Crippen LogP contribution is -2.21. The molecule has 1 rings (SSSR count). The molecule has 0 spiro atoms. The van der Waals surface area contributed by atoms with Crippen LogP contribution in [0.25, 0.3) is 0 Å². The Morgan fingerprint density at radius 3 is 2.53 bits per heavy atom. The molecule has 0 aromatic carbocycles. The van der Waals surface area contributed by atoms with Gasteiger partial charge in [-0.3, -0.25) is 0 Å². The lowest BCUT2D eigenvalue weighted by molar-refractivity contribution is 0.592. The van der Waals surface area contributed by atoms with Crippen molar-refractivity contribution in [3.05, 3.63) is 16.5 Å². The van der Waals surface area contributed by atoms with Gasteiger partial charge in [-0.25, -0.2) is 13.6 Å². The monoisotopic (exact) mass is 248 g/mol. The first-order valence-corrected chi connectivity index (χ1v) is 7.02. The number of hydrogen-bond acceptors (Lipinski definition) is 4. The van der Waals surface area contributed by atoms with Crippen molar-refractivity contribution in [2.75, 3.05) is 0 Å². The number of hydrogen-bond donors (Lipinski definition) is 2. The normalized spacial score (nSPS) is 12.3. The molecule has 6 heteroatoms. The quantitative estimate of drug-likeness (QED) is 0.841. The second-order valence-electron chi connectivity index (χ2n) is 3.75. The minimum Gasteiger partial charge on any atom is -0.310 e. The van der Waals surface area contributed by atoms with Crippen LogP contribution < -0.4 is 10.5 Å². The fourth-order valence-electron chi connectivity index (χ4n) is 1.10. The van der Waals surface area contributed by atoms with Crippen LogP contribution in [-0.4, -0.2) is 14.5 Å². The summed E-state index contributed by atoms with van der Waals surface area (Å²) in [5.41, 5.74) is 0.970. The third-order valence-electron chi connectivity index (χ3n) is 1.95. The van der Waals surface area contributed by atoms with E-state index in [0.29, 0.717) is 12.6 Å². The van der Waals surface area contributed by atoms with E-state index in [9.17, 15) is 8.42 Å². The Labute approximate surface area is 94.5 Å². The second kappa shape index (κ2) is 4.61. The van der Waals surface area contributed by atoms with Crippen LogP contribution in [0.2, 0.25) is 0 Å². The van der Waals surface area contributed by atoms with Crippen LogP contribution in [-0.2, 0) is 16.6 Å². The zero-order valence-electron chi connectivity index (χ0n) is 9.07. The Hall–Kier alpha value is -0.430. The molecule has 0 saturated heterocycles. The van der Waals surface area contributed by atoms with Gasteiger partial charge in [-0.15, -0.1) is 11.3 Å². The molecule has 0 radical (unpaired) electrons. The largest absolute Gasteiger partial charge is 0.310 e. The molecule has 1 aromatic rings. The van der Waals surface area contributed by atoms with Crippen LogP contribution in [0.3, 0.4) is 0 Å². The Morgan fingerprint density at radius 2 is 2.13 bits per heavy atom. The van der Waals surface area contributed by atoms with Gasteiger partial charge in [0.25, 0.3) is 0 Å². The highest BCUT2D eigenvalue weighted by Gasteiger charge is 2.14. The highest BCUT2D eigenvalue weighted by Crippen LogP contribution is 2.24. The summed E-state index contributed by atoms with van der Waals surface area (Å²) in [6.45, 7) is 6.67. The van der Waals surface area contributed by atoms with Gasteiger partial charge in [-0.2, -0.15) is 0 Å². The van der Waals surface area contributed by atoms with Crippen LogP contribution in [0.15, 0.2) is 10.3 Å². The van der Waals surface area contributed by atoms with E-state index in [4.69, 9.17) is 5.14 Å². The lowest BCUT2D eigenvalue weighted by Gasteiger charge is -2.06. The minimum absolute atomic E-state index is 0.237. The molecule has 0 bridgehead atoms. The van der Waals surface area contributed by atoms with Gasteiger partial charge in [0.05, 0.1) is 0 Å². The molecule has 0 aliphatic rings. The van der Waals surface area contributed by atoms with E-state index in [1.54, 1.807) is 6.07 Å². The molecule has 86 valence electrons. The SMILES string of the molecule is Cc1cc(S(N)(=O)=O)sc1CNC(C)C. The predicted molar refractivity (Wildman–Crippen MR) is 62.4 cm³/mol. The second-order valence-corrected chi connectivity index (χ2v) is 6.68. The standard InChI is InChI=1S/C9H16N2O2S2/c1-6(2)11-5-8-7(3)4-9(14-8)15(10,12)13/h4,6,11H,5H2,1-3H3,(H2,10,12,13). The van der Waals surface area contributed by atoms with E-state index in [1.165, 1.54) is 11.3 Å². The van der Waals surface area contributed by atoms with Crippen molar-refractivity contribution in [1.82, 2.24) is 5.32 Å². The molecule has 0 saturated carbocycles. The van der Waals surface area contributed by atoms with Crippen molar-refractivity contribution in [2.45, 2.75) is 37.6 Å².